The molecule has 0 aliphatic rings. The van der Waals surface area contributed by atoms with Gasteiger partial charge < -0.3 is 4.74 Å². The Hall–Kier alpha value is -1.25. The van der Waals surface area contributed by atoms with Crippen molar-refractivity contribution in [1.82, 2.24) is 15.0 Å². The van der Waals surface area contributed by atoms with Gasteiger partial charge in [-0.15, -0.1) is 0 Å². The van der Waals surface area contributed by atoms with E-state index in [4.69, 9.17) is 4.74 Å². The third-order valence-electron chi connectivity index (χ3n) is 2.16. The standard InChI is InChI=1S/C11H19N3O4S/c1-5-6-19-8-9-7-10(13(2)12-9)18-11(15)14(16-3)17-4/h7H,5-6,8H2,1-4H3. The summed E-state index contributed by atoms with van der Waals surface area (Å²) in [5, 5.41) is 4.90. The largest absolute Gasteiger partial charge is 0.466 e. The van der Waals surface area contributed by atoms with Crippen molar-refractivity contribution in [3.05, 3.63) is 11.8 Å². The van der Waals surface area contributed by atoms with Crippen LogP contribution in [0.3, 0.4) is 0 Å². The topological polar surface area (TPSA) is 65.8 Å². The van der Waals surface area contributed by atoms with E-state index in [0.29, 0.717) is 11.1 Å². The first kappa shape index (κ1) is 15.8. The summed E-state index contributed by atoms with van der Waals surface area (Å²) in [5.74, 6) is 2.21. The highest BCUT2D eigenvalue weighted by Crippen LogP contribution is 2.18. The van der Waals surface area contributed by atoms with Crippen LogP contribution in [0, 0.1) is 0 Å². The lowest BCUT2D eigenvalue weighted by Crippen LogP contribution is -2.32. The summed E-state index contributed by atoms with van der Waals surface area (Å²) in [4.78, 5) is 20.9. The SMILES string of the molecule is CCCSCc1cc(OC(=O)N(OC)OC)n(C)n1. The predicted octanol–water partition coefficient (Wildman–Crippen LogP) is 1.99. The molecule has 108 valence electrons. The van der Waals surface area contributed by atoms with E-state index in [0.717, 1.165) is 23.6 Å². The minimum Gasteiger partial charge on any atom is -0.388 e. The number of nitrogens with zero attached hydrogens (tertiary/aromatic N) is 3. The van der Waals surface area contributed by atoms with Gasteiger partial charge in [0.2, 0.25) is 5.88 Å². The van der Waals surface area contributed by atoms with Gasteiger partial charge in [0.25, 0.3) is 0 Å². The highest BCUT2D eigenvalue weighted by atomic mass is 32.2. The molecule has 1 heterocycles. The number of hydrogen-bond donors (Lipinski definition) is 0. The summed E-state index contributed by atoms with van der Waals surface area (Å²) >= 11 is 1.79. The molecular weight excluding hydrogens is 270 g/mol. The van der Waals surface area contributed by atoms with E-state index in [1.165, 1.54) is 18.9 Å². The van der Waals surface area contributed by atoms with Crippen molar-refractivity contribution in [3.8, 4) is 5.88 Å². The first-order valence-corrected chi connectivity index (χ1v) is 6.98. The van der Waals surface area contributed by atoms with Crippen LogP contribution in [0.1, 0.15) is 19.0 Å². The number of ether oxygens (including phenoxy) is 1. The van der Waals surface area contributed by atoms with Crippen LogP contribution in [0.15, 0.2) is 6.07 Å². The molecule has 0 N–H and O–H groups in total. The summed E-state index contributed by atoms with van der Waals surface area (Å²) in [7, 11) is 4.32. The summed E-state index contributed by atoms with van der Waals surface area (Å²) < 4.78 is 6.61. The normalized spacial score (nSPS) is 10.5. The van der Waals surface area contributed by atoms with Gasteiger partial charge in [-0.2, -0.15) is 16.9 Å². The number of amides is 1. The monoisotopic (exact) mass is 289 g/mol. The van der Waals surface area contributed by atoms with E-state index < -0.39 is 6.09 Å². The van der Waals surface area contributed by atoms with Crippen molar-refractivity contribution in [3.63, 3.8) is 0 Å². The number of aromatic nitrogens is 2. The van der Waals surface area contributed by atoms with E-state index >= 15 is 0 Å². The van der Waals surface area contributed by atoms with E-state index in [2.05, 4.69) is 21.7 Å². The Kier molecular flexibility index (Phi) is 6.68. The highest BCUT2D eigenvalue weighted by molar-refractivity contribution is 7.98. The third kappa shape index (κ3) is 4.73. The molecule has 7 nitrogen and oxygen atoms in total. The van der Waals surface area contributed by atoms with Crippen LogP contribution in [-0.4, -0.2) is 41.1 Å². The second-order valence-corrected chi connectivity index (χ2v) is 4.75. The predicted molar refractivity (Wildman–Crippen MR) is 71.5 cm³/mol. The molecule has 0 bridgehead atoms. The molecule has 1 aromatic rings. The molecule has 0 spiro atoms. The molecule has 1 rings (SSSR count). The number of hydrogen-bond acceptors (Lipinski definition) is 6. The number of rotatable bonds is 7. The molecule has 0 atom stereocenters. The Balaban J connectivity index is 2.61. The Morgan fingerprint density at radius 1 is 1.47 bits per heavy atom. The zero-order valence-corrected chi connectivity index (χ0v) is 12.4. The van der Waals surface area contributed by atoms with Gasteiger partial charge in [0.15, 0.2) is 0 Å². The summed E-state index contributed by atoms with van der Waals surface area (Å²) in [6.45, 7) is 2.13. The Morgan fingerprint density at radius 3 is 2.74 bits per heavy atom. The lowest BCUT2D eigenvalue weighted by Gasteiger charge is -2.14. The van der Waals surface area contributed by atoms with Crippen molar-refractivity contribution in [2.45, 2.75) is 19.1 Å². The molecule has 8 heteroatoms. The molecule has 0 radical (unpaired) electrons. The molecule has 0 aromatic carbocycles. The van der Waals surface area contributed by atoms with Crippen molar-refractivity contribution in [1.29, 1.82) is 0 Å². The fraction of sp³-hybridized carbons (Fsp3) is 0.636. The second-order valence-electron chi connectivity index (χ2n) is 3.64. The van der Waals surface area contributed by atoms with Gasteiger partial charge in [-0.25, -0.2) is 19.2 Å². The van der Waals surface area contributed by atoms with Gasteiger partial charge in [-0.1, -0.05) is 6.92 Å². The maximum Gasteiger partial charge on any atom is 0.466 e. The maximum absolute atomic E-state index is 11.6. The number of carbonyl (C=O) groups is 1. The van der Waals surface area contributed by atoms with Gasteiger partial charge in [0, 0.05) is 18.9 Å². The average molecular weight is 289 g/mol. The minimum absolute atomic E-state index is 0.344. The van der Waals surface area contributed by atoms with E-state index in [1.54, 1.807) is 24.9 Å². The van der Waals surface area contributed by atoms with Gasteiger partial charge in [0.1, 0.15) is 0 Å². The van der Waals surface area contributed by atoms with Crippen molar-refractivity contribution < 1.29 is 19.2 Å². The first-order chi connectivity index (χ1) is 9.12. The molecule has 1 amide bonds. The van der Waals surface area contributed by atoms with E-state index in [1.807, 2.05) is 0 Å². The average Bonchev–Trinajstić information content (AvgIpc) is 2.72. The lowest BCUT2D eigenvalue weighted by molar-refractivity contribution is -0.305. The van der Waals surface area contributed by atoms with Gasteiger partial charge >= 0.3 is 6.09 Å². The second kappa shape index (κ2) is 8.03. The number of thioether (sulfide) groups is 1. The number of carbonyl (C=O) groups excluding carboxylic acids is 1. The van der Waals surface area contributed by atoms with E-state index in [9.17, 15) is 4.79 Å². The van der Waals surface area contributed by atoms with Crippen LogP contribution in [-0.2, 0) is 22.5 Å². The van der Waals surface area contributed by atoms with Crippen molar-refractivity contribution in [2.75, 3.05) is 20.0 Å². The fourth-order valence-corrected chi connectivity index (χ4v) is 2.13. The maximum atomic E-state index is 11.6. The van der Waals surface area contributed by atoms with Crippen LogP contribution in [0.5, 0.6) is 5.88 Å². The lowest BCUT2D eigenvalue weighted by atomic mass is 10.5. The van der Waals surface area contributed by atoms with Crippen LogP contribution in [0.2, 0.25) is 0 Å². The molecule has 0 saturated heterocycles. The number of hydroxylamine groups is 2. The van der Waals surface area contributed by atoms with Crippen LogP contribution < -0.4 is 4.74 Å². The summed E-state index contributed by atoms with van der Waals surface area (Å²) in [6.07, 6.45) is 0.358. The first-order valence-electron chi connectivity index (χ1n) is 5.83. The van der Waals surface area contributed by atoms with Gasteiger partial charge in [0.05, 0.1) is 19.9 Å². The van der Waals surface area contributed by atoms with E-state index in [-0.39, 0.29) is 0 Å². The molecular formula is C11H19N3O4S. The molecule has 0 fully saturated rings. The summed E-state index contributed by atoms with van der Waals surface area (Å²) in [5.41, 5.74) is 0.866. The molecule has 0 saturated carbocycles. The highest BCUT2D eigenvalue weighted by Gasteiger charge is 2.18. The van der Waals surface area contributed by atoms with Crippen LogP contribution >= 0.6 is 11.8 Å². The molecule has 19 heavy (non-hydrogen) atoms. The molecule has 0 unspecified atom stereocenters. The zero-order valence-electron chi connectivity index (χ0n) is 11.6. The van der Waals surface area contributed by atoms with Gasteiger partial charge in [-0.05, 0) is 17.4 Å². The van der Waals surface area contributed by atoms with Crippen molar-refractivity contribution in [2.24, 2.45) is 7.05 Å². The Bertz CT molecular complexity index is 407. The Labute approximate surface area is 116 Å². The third-order valence-corrected chi connectivity index (χ3v) is 3.36. The summed E-state index contributed by atoms with van der Waals surface area (Å²) in [6, 6.07) is 1.73. The van der Waals surface area contributed by atoms with Crippen LogP contribution in [0.4, 0.5) is 4.79 Å². The zero-order chi connectivity index (χ0) is 14.3. The quantitative estimate of drug-likeness (QED) is 0.565. The van der Waals surface area contributed by atoms with Crippen molar-refractivity contribution >= 4 is 17.9 Å². The Morgan fingerprint density at radius 2 is 2.16 bits per heavy atom. The van der Waals surface area contributed by atoms with Gasteiger partial charge in [-0.3, -0.25) is 0 Å². The minimum atomic E-state index is -0.763. The molecule has 0 aliphatic carbocycles. The van der Waals surface area contributed by atoms with Crippen LogP contribution in [0.25, 0.3) is 0 Å². The fourth-order valence-electron chi connectivity index (χ4n) is 1.34. The molecule has 1 aromatic heterocycles. The number of aryl methyl sites for hydroxylation is 1. The smallest absolute Gasteiger partial charge is 0.388 e. The molecule has 0 aliphatic heterocycles.